The molecule has 1 aliphatic rings. The third kappa shape index (κ3) is 5.04. The van der Waals surface area contributed by atoms with Crippen LogP contribution in [-0.2, 0) is 13.0 Å². The summed E-state index contributed by atoms with van der Waals surface area (Å²) in [5.74, 6) is 0.477. The Kier molecular flexibility index (Phi) is 6.28. The topological polar surface area (TPSA) is 66.3 Å². The van der Waals surface area contributed by atoms with Crippen LogP contribution in [0.15, 0.2) is 89.9 Å². The summed E-state index contributed by atoms with van der Waals surface area (Å²) in [5.41, 5.74) is 3.91. The average molecular weight is 491 g/mol. The molecule has 0 aliphatic carbocycles. The number of nitrogens with zero attached hydrogens (tertiary/aromatic N) is 5. The molecule has 1 aliphatic heterocycles. The summed E-state index contributed by atoms with van der Waals surface area (Å²) in [7, 11) is 2.16. The van der Waals surface area contributed by atoms with Crippen molar-refractivity contribution < 1.29 is 0 Å². The monoisotopic (exact) mass is 490 g/mol. The number of rotatable bonds is 6. The largest absolute Gasteiger partial charge is 0.369 e. The van der Waals surface area contributed by atoms with Gasteiger partial charge in [-0.25, -0.2) is 4.98 Å². The molecule has 37 heavy (non-hydrogen) atoms. The van der Waals surface area contributed by atoms with Crippen LogP contribution in [-0.4, -0.2) is 52.7 Å². The van der Waals surface area contributed by atoms with Crippen molar-refractivity contribution in [2.75, 3.05) is 43.4 Å². The lowest BCUT2D eigenvalue weighted by Crippen LogP contribution is -2.44. The lowest BCUT2D eigenvalue weighted by atomic mass is 10.1. The minimum absolute atomic E-state index is 0.0607. The summed E-state index contributed by atoms with van der Waals surface area (Å²) < 4.78 is 1.74. The highest BCUT2D eigenvalue weighted by Gasteiger charge is 2.14. The van der Waals surface area contributed by atoms with E-state index in [0.29, 0.717) is 18.1 Å². The normalized spacial score (nSPS) is 14.4. The van der Waals surface area contributed by atoms with Crippen molar-refractivity contribution in [1.82, 2.24) is 19.4 Å². The Hall–Kier alpha value is -4.23. The highest BCUT2D eigenvalue weighted by Crippen LogP contribution is 2.22. The van der Waals surface area contributed by atoms with Gasteiger partial charge in [0, 0.05) is 61.7 Å². The van der Waals surface area contributed by atoms with E-state index in [4.69, 9.17) is 4.98 Å². The Labute approximate surface area is 216 Å². The fraction of sp³-hybridized carbons (Fsp3) is 0.233. The third-order valence-electron chi connectivity index (χ3n) is 7.15. The number of hydrogen-bond acceptors (Lipinski definition) is 6. The molecule has 3 heterocycles. The fourth-order valence-corrected chi connectivity index (χ4v) is 4.93. The zero-order chi connectivity index (χ0) is 25.2. The fourth-order valence-electron chi connectivity index (χ4n) is 4.93. The Morgan fingerprint density at radius 2 is 1.59 bits per heavy atom. The lowest BCUT2D eigenvalue weighted by molar-refractivity contribution is 0.313. The molecule has 2 aromatic heterocycles. The number of aryl methyl sites for hydroxylation is 2. The number of benzene rings is 3. The number of fused-ring (bicyclic) bond motifs is 2. The van der Waals surface area contributed by atoms with Gasteiger partial charge in [-0.15, -0.1) is 0 Å². The summed E-state index contributed by atoms with van der Waals surface area (Å²) in [5, 5.41) is 6.57. The van der Waals surface area contributed by atoms with Crippen LogP contribution >= 0.6 is 0 Å². The van der Waals surface area contributed by atoms with Gasteiger partial charge in [0.2, 0.25) is 5.95 Å². The maximum Gasteiger partial charge on any atom is 0.252 e. The van der Waals surface area contributed by atoms with Gasteiger partial charge in [0.1, 0.15) is 5.65 Å². The first-order valence-electron chi connectivity index (χ1n) is 12.8. The molecule has 0 spiro atoms. The van der Waals surface area contributed by atoms with Crippen LogP contribution in [0.3, 0.4) is 0 Å². The first-order valence-corrected chi connectivity index (χ1v) is 12.8. The average Bonchev–Trinajstić information content (AvgIpc) is 2.93. The third-order valence-corrected chi connectivity index (χ3v) is 7.15. The second-order valence-corrected chi connectivity index (χ2v) is 9.69. The van der Waals surface area contributed by atoms with E-state index in [0.717, 1.165) is 43.7 Å². The molecular formula is C30H30N6O. The molecule has 0 amide bonds. The molecule has 1 saturated heterocycles. The van der Waals surface area contributed by atoms with Gasteiger partial charge in [-0.05, 0) is 60.1 Å². The van der Waals surface area contributed by atoms with Crippen LogP contribution in [0.25, 0.3) is 21.8 Å². The van der Waals surface area contributed by atoms with Crippen LogP contribution in [0.1, 0.15) is 5.56 Å². The second-order valence-electron chi connectivity index (χ2n) is 9.69. The van der Waals surface area contributed by atoms with Gasteiger partial charge in [0.15, 0.2) is 0 Å². The molecule has 6 rings (SSSR count). The van der Waals surface area contributed by atoms with Crippen molar-refractivity contribution in [3.05, 3.63) is 101 Å². The first-order chi connectivity index (χ1) is 18.1. The van der Waals surface area contributed by atoms with Gasteiger partial charge in [-0.2, -0.15) is 4.98 Å². The highest BCUT2D eigenvalue weighted by atomic mass is 16.1. The van der Waals surface area contributed by atoms with E-state index in [1.807, 2.05) is 12.1 Å². The number of nitrogens with one attached hydrogen (secondary N) is 1. The predicted molar refractivity (Wildman–Crippen MR) is 151 cm³/mol. The molecule has 0 saturated carbocycles. The number of hydrogen-bond donors (Lipinski definition) is 1. The van der Waals surface area contributed by atoms with E-state index in [-0.39, 0.29) is 5.56 Å². The van der Waals surface area contributed by atoms with Gasteiger partial charge in [-0.1, -0.05) is 42.5 Å². The summed E-state index contributed by atoms with van der Waals surface area (Å²) in [6, 6.07) is 26.5. The van der Waals surface area contributed by atoms with Gasteiger partial charge in [0.05, 0.1) is 0 Å². The minimum atomic E-state index is -0.0607. The van der Waals surface area contributed by atoms with E-state index < -0.39 is 0 Å². The number of anilines is 3. The van der Waals surface area contributed by atoms with E-state index in [1.165, 1.54) is 22.0 Å². The molecule has 1 N–H and O–H groups in total. The molecule has 3 aromatic carbocycles. The Morgan fingerprint density at radius 3 is 2.41 bits per heavy atom. The molecule has 186 valence electrons. The molecule has 7 nitrogen and oxygen atoms in total. The minimum Gasteiger partial charge on any atom is -0.369 e. The summed E-state index contributed by atoms with van der Waals surface area (Å²) >= 11 is 0. The number of likely N-dealkylation sites (N-methyl/N-ethyl adjacent to an activating group) is 1. The molecule has 0 radical (unpaired) electrons. The van der Waals surface area contributed by atoms with Crippen LogP contribution in [0.4, 0.5) is 17.3 Å². The van der Waals surface area contributed by atoms with Crippen molar-refractivity contribution in [2.24, 2.45) is 0 Å². The van der Waals surface area contributed by atoms with Crippen LogP contribution in [0, 0.1) is 0 Å². The molecule has 0 bridgehead atoms. The second kappa shape index (κ2) is 10.0. The van der Waals surface area contributed by atoms with E-state index in [9.17, 15) is 4.79 Å². The zero-order valence-corrected chi connectivity index (χ0v) is 21.0. The molecule has 1 fully saturated rings. The molecular weight excluding hydrogens is 460 g/mol. The maximum absolute atomic E-state index is 12.8. The van der Waals surface area contributed by atoms with Crippen molar-refractivity contribution in [3.8, 4) is 0 Å². The smallest absolute Gasteiger partial charge is 0.252 e. The maximum atomic E-state index is 12.8. The SMILES string of the molecule is CN1CCN(c2ccc(Nc3ncc4ccc(=O)n(CCc5ccc6ccccc6c5)c4n3)cc2)CC1. The van der Waals surface area contributed by atoms with E-state index in [2.05, 4.69) is 81.7 Å². The number of pyridine rings is 1. The van der Waals surface area contributed by atoms with Crippen molar-refractivity contribution in [3.63, 3.8) is 0 Å². The molecule has 7 heteroatoms. The summed E-state index contributed by atoms with van der Waals surface area (Å²) in [4.78, 5) is 26.8. The highest BCUT2D eigenvalue weighted by molar-refractivity contribution is 5.83. The van der Waals surface area contributed by atoms with Gasteiger partial charge < -0.3 is 15.1 Å². The Bertz CT molecular complexity index is 1600. The van der Waals surface area contributed by atoms with Crippen molar-refractivity contribution in [2.45, 2.75) is 13.0 Å². The van der Waals surface area contributed by atoms with E-state index >= 15 is 0 Å². The summed E-state index contributed by atoms with van der Waals surface area (Å²) in [6.07, 6.45) is 2.51. The molecule has 0 atom stereocenters. The van der Waals surface area contributed by atoms with Crippen LogP contribution < -0.4 is 15.8 Å². The van der Waals surface area contributed by atoms with Gasteiger partial charge in [-0.3, -0.25) is 9.36 Å². The summed E-state index contributed by atoms with van der Waals surface area (Å²) in [6.45, 7) is 4.77. The predicted octanol–water partition coefficient (Wildman–Crippen LogP) is 4.68. The van der Waals surface area contributed by atoms with Crippen LogP contribution in [0.5, 0.6) is 0 Å². The molecule has 0 unspecified atom stereocenters. The van der Waals surface area contributed by atoms with Crippen LogP contribution in [0.2, 0.25) is 0 Å². The Balaban J connectivity index is 1.21. The number of aromatic nitrogens is 3. The zero-order valence-electron chi connectivity index (χ0n) is 21.0. The van der Waals surface area contributed by atoms with Gasteiger partial charge in [0.25, 0.3) is 5.56 Å². The number of piperazine rings is 1. The lowest BCUT2D eigenvalue weighted by Gasteiger charge is -2.34. The van der Waals surface area contributed by atoms with E-state index in [1.54, 1.807) is 22.9 Å². The standard InChI is InChI=1S/C30H30N6O/c1-34-16-18-35(19-17-34)27-11-9-26(10-12-27)32-30-31-21-25-8-13-28(37)36(29(25)33-30)15-14-22-6-7-23-4-2-3-5-24(23)20-22/h2-13,20-21H,14-19H2,1H3,(H,31,32,33). The quantitative estimate of drug-likeness (QED) is 0.373. The first kappa shape index (κ1) is 23.2. The van der Waals surface area contributed by atoms with Crippen molar-refractivity contribution in [1.29, 1.82) is 0 Å². The van der Waals surface area contributed by atoms with Gasteiger partial charge >= 0.3 is 0 Å². The Morgan fingerprint density at radius 1 is 0.838 bits per heavy atom. The molecule has 5 aromatic rings. The van der Waals surface area contributed by atoms with Crippen molar-refractivity contribution >= 4 is 39.1 Å².